The number of carbonyl (C=O) groups is 2. The van der Waals surface area contributed by atoms with Crippen LogP contribution in [0.4, 0.5) is 0 Å². The van der Waals surface area contributed by atoms with Crippen LogP contribution in [0.1, 0.15) is 38.3 Å². The molecule has 1 aromatic heterocycles. The van der Waals surface area contributed by atoms with Gasteiger partial charge in [0.15, 0.2) is 5.78 Å². The molecule has 1 aromatic rings. The van der Waals surface area contributed by atoms with E-state index in [1.54, 1.807) is 13.1 Å². The van der Waals surface area contributed by atoms with Gasteiger partial charge in [0.2, 0.25) is 5.16 Å². The quantitative estimate of drug-likeness (QED) is 0.431. The Labute approximate surface area is 134 Å². The molecule has 1 aliphatic carbocycles. The van der Waals surface area contributed by atoms with Crippen molar-refractivity contribution in [3.8, 4) is 0 Å². The van der Waals surface area contributed by atoms with Crippen LogP contribution in [-0.4, -0.2) is 39.8 Å². The van der Waals surface area contributed by atoms with Gasteiger partial charge in [-0.15, -0.1) is 5.10 Å². The van der Waals surface area contributed by atoms with Crippen molar-refractivity contribution in [3.63, 3.8) is 0 Å². The summed E-state index contributed by atoms with van der Waals surface area (Å²) in [6, 6.07) is 0. The molecule has 1 unspecified atom stereocenters. The first-order chi connectivity index (χ1) is 10.7. The summed E-state index contributed by atoms with van der Waals surface area (Å²) in [5.41, 5.74) is 0.544. The van der Waals surface area contributed by atoms with E-state index in [0.717, 1.165) is 25.7 Å². The van der Waals surface area contributed by atoms with Gasteiger partial charge in [0.1, 0.15) is 5.92 Å². The van der Waals surface area contributed by atoms with Crippen molar-refractivity contribution < 1.29 is 14.3 Å². The van der Waals surface area contributed by atoms with Crippen LogP contribution in [-0.2, 0) is 20.7 Å². The lowest BCUT2D eigenvalue weighted by Gasteiger charge is -2.17. The van der Waals surface area contributed by atoms with Gasteiger partial charge in [0.05, 0.1) is 18.5 Å². The first kappa shape index (κ1) is 16.9. The van der Waals surface area contributed by atoms with Gasteiger partial charge in [-0.25, -0.2) is 4.98 Å². The highest BCUT2D eigenvalue weighted by Gasteiger charge is 2.35. The monoisotopic (exact) mass is 323 g/mol. The molecule has 120 valence electrons. The average Bonchev–Trinajstić information content (AvgIpc) is 3.07. The van der Waals surface area contributed by atoms with Crippen molar-refractivity contribution in [2.45, 2.75) is 44.2 Å². The van der Waals surface area contributed by atoms with Crippen LogP contribution in [0.15, 0.2) is 11.4 Å². The fourth-order valence-corrected chi connectivity index (χ4v) is 3.00. The van der Waals surface area contributed by atoms with Crippen molar-refractivity contribution in [1.82, 2.24) is 15.2 Å². The minimum atomic E-state index is -0.792. The van der Waals surface area contributed by atoms with Gasteiger partial charge in [-0.2, -0.15) is 5.10 Å². The zero-order valence-electron chi connectivity index (χ0n) is 12.9. The molecule has 1 heterocycles. The number of ketones is 1. The predicted molar refractivity (Wildman–Crippen MR) is 82.4 cm³/mol. The van der Waals surface area contributed by atoms with Crippen LogP contribution in [0.2, 0.25) is 0 Å². The van der Waals surface area contributed by atoms with Crippen molar-refractivity contribution in [2.75, 3.05) is 12.9 Å². The number of Topliss-reactive ketones (excluding diaryl/α,β-unsaturated/α-hetero) is 1. The number of rotatable bonds is 7. The second-order valence-electron chi connectivity index (χ2n) is 5.33. The second-order valence-corrected chi connectivity index (χ2v) is 6.10. The number of esters is 1. The number of nitrogens with zero attached hydrogens (tertiary/aromatic N) is 3. The van der Waals surface area contributed by atoms with Gasteiger partial charge in [-0.1, -0.05) is 24.6 Å². The summed E-state index contributed by atoms with van der Waals surface area (Å²) in [5.74, 6) is -1.30. The van der Waals surface area contributed by atoms with Gasteiger partial charge in [-0.05, 0) is 26.0 Å². The summed E-state index contributed by atoms with van der Waals surface area (Å²) >= 11 is 1.39. The molecule has 1 aliphatic rings. The van der Waals surface area contributed by atoms with E-state index in [1.165, 1.54) is 11.8 Å². The van der Waals surface area contributed by atoms with Crippen LogP contribution >= 0.6 is 11.8 Å². The van der Waals surface area contributed by atoms with E-state index in [1.807, 2.05) is 6.26 Å². The lowest BCUT2D eigenvalue weighted by atomic mass is 9.88. The first-order valence-corrected chi connectivity index (χ1v) is 8.81. The first-order valence-electron chi connectivity index (χ1n) is 7.58. The number of carbonyl (C=O) groups excluding carboxylic acids is 2. The summed E-state index contributed by atoms with van der Waals surface area (Å²) in [7, 11) is 0. The molecule has 0 bridgehead atoms. The zero-order chi connectivity index (χ0) is 15.9. The molecule has 0 radical (unpaired) electrons. The molecule has 22 heavy (non-hydrogen) atoms. The number of aromatic nitrogens is 3. The van der Waals surface area contributed by atoms with Gasteiger partial charge in [0, 0.05) is 12.3 Å². The van der Waals surface area contributed by atoms with E-state index in [0.29, 0.717) is 10.9 Å². The van der Waals surface area contributed by atoms with Crippen molar-refractivity contribution in [3.05, 3.63) is 11.9 Å². The number of ether oxygens (including phenoxy) is 1. The van der Waals surface area contributed by atoms with E-state index in [4.69, 9.17) is 4.74 Å². The Morgan fingerprint density at radius 3 is 2.64 bits per heavy atom. The third-order valence-electron chi connectivity index (χ3n) is 3.86. The standard InChI is InChI=1S/C15H21N3O3S/c1-3-21-14(20)12(13(19)10-6-4-5-7-10)8-11-9-16-15(22-2)18-17-11/h9-10,12H,3-8H2,1-2H3. The number of thioether (sulfide) groups is 1. The van der Waals surface area contributed by atoms with Gasteiger partial charge in [-0.3, -0.25) is 9.59 Å². The Balaban J connectivity index is 2.12. The van der Waals surface area contributed by atoms with Crippen molar-refractivity contribution >= 4 is 23.5 Å². The van der Waals surface area contributed by atoms with E-state index in [9.17, 15) is 9.59 Å². The molecule has 0 aromatic carbocycles. The largest absolute Gasteiger partial charge is 0.465 e. The zero-order valence-corrected chi connectivity index (χ0v) is 13.8. The molecule has 1 fully saturated rings. The minimum absolute atomic E-state index is 0.0216. The maximum atomic E-state index is 12.6. The summed E-state index contributed by atoms with van der Waals surface area (Å²) in [4.78, 5) is 28.9. The van der Waals surface area contributed by atoms with E-state index >= 15 is 0 Å². The summed E-state index contributed by atoms with van der Waals surface area (Å²) in [5, 5.41) is 8.57. The number of hydrogen-bond donors (Lipinski definition) is 0. The second kappa shape index (κ2) is 8.22. The van der Waals surface area contributed by atoms with Gasteiger partial charge >= 0.3 is 5.97 Å². The topological polar surface area (TPSA) is 82.0 Å². The van der Waals surface area contributed by atoms with Crippen molar-refractivity contribution in [2.24, 2.45) is 11.8 Å². The Bertz CT molecular complexity index is 515. The third kappa shape index (κ3) is 4.25. The highest BCUT2D eigenvalue weighted by molar-refractivity contribution is 7.98. The van der Waals surface area contributed by atoms with Crippen LogP contribution in [0.25, 0.3) is 0 Å². The normalized spacial score (nSPS) is 16.5. The van der Waals surface area contributed by atoms with Gasteiger partial charge in [0.25, 0.3) is 0 Å². The summed E-state index contributed by atoms with van der Waals surface area (Å²) < 4.78 is 5.07. The van der Waals surface area contributed by atoms with Crippen LogP contribution < -0.4 is 0 Å². The minimum Gasteiger partial charge on any atom is -0.465 e. The summed E-state index contributed by atoms with van der Waals surface area (Å²) in [6.45, 7) is 2.01. The van der Waals surface area contributed by atoms with E-state index in [2.05, 4.69) is 15.2 Å². The smallest absolute Gasteiger partial charge is 0.316 e. The van der Waals surface area contributed by atoms with Crippen LogP contribution in [0, 0.1) is 11.8 Å². The molecule has 0 aliphatic heterocycles. The van der Waals surface area contributed by atoms with Crippen LogP contribution in [0.5, 0.6) is 0 Å². The number of hydrogen-bond acceptors (Lipinski definition) is 7. The SMILES string of the molecule is CCOC(=O)C(Cc1cnc(SC)nn1)C(=O)C1CCCC1. The van der Waals surface area contributed by atoms with Crippen LogP contribution in [0.3, 0.4) is 0 Å². The molecule has 6 nitrogen and oxygen atoms in total. The van der Waals surface area contributed by atoms with E-state index < -0.39 is 11.9 Å². The molecule has 0 spiro atoms. The molecule has 0 N–H and O–H groups in total. The van der Waals surface area contributed by atoms with Gasteiger partial charge < -0.3 is 4.74 Å². The molecule has 7 heteroatoms. The molecule has 1 atom stereocenters. The highest BCUT2D eigenvalue weighted by atomic mass is 32.2. The fourth-order valence-electron chi connectivity index (χ4n) is 2.72. The molecule has 2 rings (SSSR count). The molecule has 0 saturated heterocycles. The third-order valence-corrected chi connectivity index (χ3v) is 4.41. The molecular weight excluding hydrogens is 302 g/mol. The summed E-state index contributed by atoms with van der Waals surface area (Å²) in [6.07, 6.45) is 7.48. The Morgan fingerprint density at radius 2 is 2.09 bits per heavy atom. The molecular formula is C15H21N3O3S. The fraction of sp³-hybridized carbons (Fsp3) is 0.667. The molecule has 1 saturated carbocycles. The van der Waals surface area contributed by atoms with E-state index in [-0.39, 0.29) is 24.7 Å². The lowest BCUT2D eigenvalue weighted by Crippen LogP contribution is -2.32. The molecule has 0 amide bonds. The maximum Gasteiger partial charge on any atom is 0.316 e. The Morgan fingerprint density at radius 1 is 1.36 bits per heavy atom. The average molecular weight is 323 g/mol. The van der Waals surface area contributed by atoms with Crippen molar-refractivity contribution in [1.29, 1.82) is 0 Å². The Kier molecular flexibility index (Phi) is 6.30. The Hall–Kier alpha value is -1.50. The lowest BCUT2D eigenvalue weighted by molar-refractivity contribution is -0.152. The highest BCUT2D eigenvalue weighted by Crippen LogP contribution is 2.29. The maximum absolute atomic E-state index is 12.6. The predicted octanol–water partition coefficient (Wildman–Crippen LogP) is 2.07.